The van der Waals surface area contributed by atoms with Crippen molar-refractivity contribution in [2.75, 3.05) is 6.61 Å². The molecule has 0 aromatic heterocycles. The number of carboxylic acids is 1. The lowest BCUT2D eigenvalue weighted by atomic mass is 10.0. The lowest BCUT2D eigenvalue weighted by molar-refractivity contribution is -0.139. The summed E-state index contributed by atoms with van der Waals surface area (Å²) in [6.07, 6.45) is 0. The van der Waals surface area contributed by atoms with E-state index in [1.54, 1.807) is 12.1 Å². The Bertz CT molecular complexity index is 622. The van der Waals surface area contributed by atoms with Gasteiger partial charge in [0, 0.05) is 0 Å². The minimum atomic E-state index is -1.21. The maximum absolute atomic E-state index is 11.7. The highest BCUT2D eigenvalue weighted by Gasteiger charge is 2.15. The summed E-state index contributed by atoms with van der Waals surface area (Å²) < 4.78 is 4.85. The first kappa shape index (κ1) is 14.7. The predicted octanol–water partition coefficient (Wildman–Crippen LogP) is 1.92. The number of carbonyl (C=O) groups is 2. The number of rotatable bonds is 5. The molecule has 2 aromatic rings. The molecule has 0 aliphatic rings. The van der Waals surface area contributed by atoms with Gasteiger partial charge in [-0.1, -0.05) is 42.5 Å². The molecule has 0 fully saturated rings. The molecule has 3 N–H and O–H groups in total. The third-order valence-electron chi connectivity index (χ3n) is 2.94. The van der Waals surface area contributed by atoms with E-state index < -0.39 is 18.0 Å². The number of aliphatic carboxylic acids is 1. The van der Waals surface area contributed by atoms with Gasteiger partial charge in [0.2, 0.25) is 0 Å². The summed E-state index contributed by atoms with van der Waals surface area (Å²) in [7, 11) is 0. The molecule has 0 aliphatic heterocycles. The molecule has 1 unspecified atom stereocenters. The van der Waals surface area contributed by atoms with E-state index >= 15 is 0 Å². The van der Waals surface area contributed by atoms with Crippen molar-refractivity contribution in [2.45, 2.75) is 6.04 Å². The number of hydrogen-bond donors (Lipinski definition) is 2. The standard InChI is InChI=1S/C16H15NO4/c17-14(15(18)19)10-21-16(20)13-8-6-12(7-9-13)11-4-2-1-3-5-11/h1-9,14H,10,17H2,(H,18,19). The van der Waals surface area contributed by atoms with Crippen LogP contribution < -0.4 is 5.73 Å². The smallest absolute Gasteiger partial charge is 0.338 e. The highest BCUT2D eigenvalue weighted by Crippen LogP contribution is 2.19. The van der Waals surface area contributed by atoms with Crippen LogP contribution in [0.2, 0.25) is 0 Å². The maximum atomic E-state index is 11.7. The zero-order valence-corrected chi connectivity index (χ0v) is 11.2. The largest absolute Gasteiger partial charge is 0.480 e. The van der Waals surface area contributed by atoms with Gasteiger partial charge in [-0.15, -0.1) is 0 Å². The highest BCUT2D eigenvalue weighted by atomic mass is 16.5. The number of ether oxygens (including phenoxy) is 1. The predicted molar refractivity (Wildman–Crippen MR) is 77.8 cm³/mol. The van der Waals surface area contributed by atoms with Gasteiger partial charge in [-0.3, -0.25) is 4.79 Å². The summed E-state index contributed by atoms with van der Waals surface area (Å²) in [5, 5.41) is 8.61. The highest BCUT2D eigenvalue weighted by molar-refractivity contribution is 5.90. The summed E-state index contributed by atoms with van der Waals surface area (Å²) >= 11 is 0. The molecule has 0 heterocycles. The summed E-state index contributed by atoms with van der Waals surface area (Å²) in [5.74, 6) is -1.80. The van der Waals surface area contributed by atoms with Gasteiger partial charge < -0.3 is 15.6 Å². The number of benzene rings is 2. The van der Waals surface area contributed by atoms with Crippen molar-refractivity contribution in [1.82, 2.24) is 0 Å². The van der Waals surface area contributed by atoms with Crippen LogP contribution in [-0.2, 0) is 9.53 Å². The van der Waals surface area contributed by atoms with E-state index in [1.165, 1.54) is 0 Å². The molecule has 0 amide bonds. The zero-order chi connectivity index (χ0) is 15.2. The van der Waals surface area contributed by atoms with Gasteiger partial charge >= 0.3 is 11.9 Å². The minimum Gasteiger partial charge on any atom is -0.480 e. The Morgan fingerprint density at radius 2 is 1.57 bits per heavy atom. The second-order valence-corrected chi connectivity index (χ2v) is 4.49. The van der Waals surface area contributed by atoms with Gasteiger partial charge in [-0.25, -0.2) is 4.79 Å². The molecule has 0 spiro atoms. The zero-order valence-electron chi connectivity index (χ0n) is 11.2. The molecule has 0 saturated carbocycles. The quantitative estimate of drug-likeness (QED) is 0.819. The Kier molecular flexibility index (Phi) is 4.68. The van der Waals surface area contributed by atoms with Gasteiger partial charge in [-0.2, -0.15) is 0 Å². The monoisotopic (exact) mass is 285 g/mol. The Labute approximate surface area is 122 Å². The van der Waals surface area contributed by atoms with Crippen LogP contribution in [0.15, 0.2) is 54.6 Å². The van der Waals surface area contributed by atoms with E-state index in [0.717, 1.165) is 11.1 Å². The molecule has 108 valence electrons. The number of carboxylic acid groups (broad SMARTS) is 1. The molecule has 0 radical (unpaired) electrons. The van der Waals surface area contributed by atoms with Crippen LogP contribution in [0.1, 0.15) is 10.4 Å². The fraction of sp³-hybridized carbons (Fsp3) is 0.125. The molecule has 5 heteroatoms. The van der Waals surface area contributed by atoms with Crippen LogP contribution in [-0.4, -0.2) is 29.7 Å². The Morgan fingerprint density at radius 3 is 2.14 bits per heavy atom. The van der Waals surface area contributed by atoms with Crippen molar-refractivity contribution < 1.29 is 19.4 Å². The summed E-state index contributed by atoms with van der Waals surface area (Å²) in [5.41, 5.74) is 7.65. The summed E-state index contributed by atoms with van der Waals surface area (Å²) in [6, 6.07) is 15.4. The van der Waals surface area contributed by atoms with Crippen molar-refractivity contribution >= 4 is 11.9 Å². The second-order valence-electron chi connectivity index (χ2n) is 4.49. The van der Waals surface area contributed by atoms with Crippen LogP contribution in [0, 0.1) is 0 Å². The minimum absolute atomic E-state index is 0.353. The molecule has 1 atom stereocenters. The van der Waals surface area contributed by atoms with Crippen LogP contribution >= 0.6 is 0 Å². The second kappa shape index (κ2) is 6.67. The molecular weight excluding hydrogens is 270 g/mol. The topological polar surface area (TPSA) is 89.6 Å². The first-order valence-electron chi connectivity index (χ1n) is 6.39. The van der Waals surface area contributed by atoms with Crippen molar-refractivity contribution in [1.29, 1.82) is 0 Å². The third kappa shape index (κ3) is 3.90. The van der Waals surface area contributed by atoms with Gasteiger partial charge in [-0.05, 0) is 23.3 Å². The van der Waals surface area contributed by atoms with Crippen molar-refractivity contribution in [3.05, 3.63) is 60.2 Å². The van der Waals surface area contributed by atoms with Crippen molar-refractivity contribution in [3.8, 4) is 11.1 Å². The van der Waals surface area contributed by atoms with Crippen LogP contribution in [0.5, 0.6) is 0 Å². The van der Waals surface area contributed by atoms with E-state index in [9.17, 15) is 9.59 Å². The first-order chi connectivity index (χ1) is 10.1. The molecular formula is C16H15NO4. The molecule has 5 nitrogen and oxygen atoms in total. The Hall–Kier alpha value is -2.66. The average Bonchev–Trinajstić information content (AvgIpc) is 2.53. The molecule has 0 bridgehead atoms. The van der Waals surface area contributed by atoms with Gasteiger partial charge in [0.15, 0.2) is 0 Å². The Morgan fingerprint density at radius 1 is 1.00 bits per heavy atom. The fourth-order valence-corrected chi connectivity index (χ4v) is 1.75. The average molecular weight is 285 g/mol. The molecule has 0 saturated heterocycles. The van der Waals surface area contributed by atoms with Gasteiger partial charge in [0.05, 0.1) is 5.56 Å². The summed E-state index contributed by atoms with van der Waals surface area (Å²) in [4.78, 5) is 22.3. The number of esters is 1. The number of carbonyl (C=O) groups excluding carboxylic acids is 1. The van der Waals surface area contributed by atoms with Gasteiger partial charge in [0.1, 0.15) is 12.6 Å². The lowest BCUT2D eigenvalue weighted by Crippen LogP contribution is -2.35. The molecule has 2 rings (SSSR count). The van der Waals surface area contributed by atoms with E-state index in [1.807, 2.05) is 42.5 Å². The normalized spacial score (nSPS) is 11.7. The molecule has 0 aliphatic carbocycles. The third-order valence-corrected chi connectivity index (χ3v) is 2.94. The van der Waals surface area contributed by atoms with Gasteiger partial charge in [0.25, 0.3) is 0 Å². The van der Waals surface area contributed by atoms with Crippen LogP contribution in [0.4, 0.5) is 0 Å². The van der Waals surface area contributed by atoms with E-state index in [0.29, 0.717) is 5.56 Å². The fourth-order valence-electron chi connectivity index (χ4n) is 1.75. The number of hydrogen-bond acceptors (Lipinski definition) is 4. The van der Waals surface area contributed by atoms with Crippen LogP contribution in [0.25, 0.3) is 11.1 Å². The first-order valence-corrected chi connectivity index (χ1v) is 6.39. The maximum Gasteiger partial charge on any atom is 0.338 e. The van der Waals surface area contributed by atoms with E-state index in [2.05, 4.69) is 0 Å². The molecule has 21 heavy (non-hydrogen) atoms. The number of nitrogens with two attached hydrogens (primary N) is 1. The van der Waals surface area contributed by atoms with E-state index in [4.69, 9.17) is 15.6 Å². The van der Waals surface area contributed by atoms with E-state index in [-0.39, 0.29) is 6.61 Å². The lowest BCUT2D eigenvalue weighted by Gasteiger charge is -2.08. The van der Waals surface area contributed by atoms with Crippen molar-refractivity contribution in [2.24, 2.45) is 5.73 Å². The van der Waals surface area contributed by atoms with Crippen LogP contribution in [0.3, 0.4) is 0 Å². The van der Waals surface area contributed by atoms with Crippen molar-refractivity contribution in [3.63, 3.8) is 0 Å². The Balaban J connectivity index is 2.02. The summed E-state index contributed by atoms with van der Waals surface area (Å²) in [6.45, 7) is -0.353. The SMILES string of the molecule is NC(COC(=O)c1ccc(-c2ccccc2)cc1)C(=O)O. The molecule has 2 aromatic carbocycles.